The van der Waals surface area contributed by atoms with Crippen molar-refractivity contribution < 1.29 is 19.1 Å². The number of ketones is 2. The van der Waals surface area contributed by atoms with E-state index >= 15 is 0 Å². The van der Waals surface area contributed by atoms with Crippen LogP contribution in [0.1, 0.15) is 42.5 Å². The largest absolute Gasteiger partial charge is 0.468 e. The van der Waals surface area contributed by atoms with Crippen LogP contribution in [0.15, 0.2) is 30.3 Å². The first kappa shape index (κ1) is 14.4. The lowest BCUT2D eigenvalue weighted by Gasteiger charge is -2.23. The van der Waals surface area contributed by atoms with Crippen LogP contribution >= 0.6 is 0 Å². The Hall–Kier alpha value is -1.97. The Kier molecular flexibility index (Phi) is 4.32. The summed E-state index contributed by atoms with van der Waals surface area (Å²) in [6, 6.07) is 8.91. The van der Waals surface area contributed by atoms with E-state index in [-0.39, 0.29) is 24.4 Å². The molecule has 0 N–H and O–H groups in total. The SMILES string of the molecule is COC(=O)C1(CCC(=O)c2ccccc2)CCCC1=O. The first-order valence-corrected chi connectivity index (χ1v) is 6.80. The summed E-state index contributed by atoms with van der Waals surface area (Å²) >= 11 is 0. The highest BCUT2D eigenvalue weighted by molar-refractivity contribution is 6.06. The van der Waals surface area contributed by atoms with Crippen molar-refractivity contribution >= 4 is 17.5 Å². The fraction of sp³-hybridized carbons (Fsp3) is 0.438. The number of carbonyl (C=O) groups excluding carboxylic acids is 3. The summed E-state index contributed by atoms with van der Waals surface area (Å²) in [5.74, 6) is -0.639. The molecule has 0 radical (unpaired) electrons. The molecule has 1 aromatic rings. The Morgan fingerprint density at radius 3 is 2.50 bits per heavy atom. The molecule has 1 atom stereocenters. The van der Waals surface area contributed by atoms with E-state index in [1.807, 2.05) is 6.07 Å². The van der Waals surface area contributed by atoms with Crippen LogP contribution in [-0.4, -0.2) is 24.6 Å². The minimum Gasteiger partial charge on any atom is -0.468 e. The summed E-state index contributed by atoms with van der Waals surface area (Å²) in [7, 11) is 1.29. The Morgan fingerprint density at radius 1 is 1.25 bits per heavy atom. The highest BCUT2D eigenvalue weighted by atomic mass is 16.5. The number of rotatable bonds is 5. The van der Waals surface area contributed by atoms with Gasteiger partial charge in [0, 0.05) is 18.4 Å². The van der Waals surface area contributed by atoms with Crippen molar-refractivity contribution in [3.05, 3.63) is 35.9 Å². The topological polar surface area (TPSA) is 60.4 Å². The minimum atomic E-state index is -1.10. The van der Waals surface area contributed by atoms with E-state index in [0.29, 0.717) is 24.8 Å². The molecule has 1 aliphatic carbocycles. The summed E-state index contributed by atoms with van der Waals surface area (Å²) < 4.78 is 4.77. The van der Waals surface area contributed by atoms with Crippen LogP contribution in [0, 0.1) is 5.41 Å². The molecule has 0 bridgehead atoms. The van der Waals surface area contributed by atoms with E-state index in [1.165, 1.54) is 7.11 Å². The van der Waals surface area contributed by atoms with E-state index in [1.54, 1.807) is 24.3 Å². The van der Waals surface area contributed by atoms with E-state index in [4.69, 9.17) is 4.74 Å². The molecule has 0 heterocycles. The zero-order chi connectivity index (χ0) is 14.6. The zero-order valence-electron chi connectivity index (χ0n) is 11.6. The molecule has 1 unspecified atom stereocenters. The molecule has 1 saturated carbocycles. The number of esters is 1. The standard InChI is InChI=1S/C16H18O4/c1-20-15(19)16(10-5-8-14(16)18)11-9-13(17)12-6-3-2-4-7-12/h2-4,6-7H,5,8-11H2,1H3. The third-order valence-electron chi connectivity index (χ3n) is 3.99. The fourth-order valence-corrected chi connectivity index (χ4v) is 2.80. The van der Waals surface area contributed by atoms with Crippen molar-refractivity contribution in [3.63, 3.8) is 0 Å². The van der Waals surface area contributed by atoms with Crippen LogP contribution in [0.5, 0.6) is 0 Å². The number of benzene rings is 1. The maximum atomic E-state index is 12.1. The molecular weight excluding hydrogens is 256 g/mol. The van der Waals surface area contributed by atoms with Gasteiger partial charge >= 0.3 is 5.97 Å². The Morgan fingerprint density at radius 2 is 1.95 bits per heavy atom. The molecule has 2 rings (SSSR count). The van der Waals surface area contributed by atoms with Crippen LogP contribution < -0.4 is 0 Å². The van der Waals surface area contributed by atoms with Gasteiger partial charge in [-0.2, -0.15) is 0 Å². The number of carbonyl (C=O) groups is 3. The van der Waals surface area contributed by atoms with Gasteiger partial charge in [-0.05, 0) is 19.3 Å². The molecule has 1 aliphatic rings. The van der Waals surface area contributed by atoms with Gasteiger partial charge in [0.2, 0.25) is 0 Å². The van der Waals surface area contributed by atoms with Crippen LogP contribution in [0.2, 0.25) is 0 Å². The number of Topliss-reactive ketones (excluding diaryl/α,β-unsaturated/α-hetero) is 2. The van der Waals surface area contributed by atoms with E-state index in [2.05, 4.69) is 0 Å². The van der Waals surface area contributed by atoms with Gasteiger partial charge in [-0.3, -0.25) is 14.4 Å². The summed E-state index contributed by atoms with van der Waals surface area (Å²) in [6.07, 6.45) is 2.00. The van der Waals surface area contributed by atoms with Gasteiger partial charge in [-0.1, -0.05) is 30.3 Å². The van der Waals surface area contributed by atoms with E-state index in [9.17, 15) is 14.4 Å². The quantitative estimate of drug-likeness (QED) is 0.470. The average Bonchev–Trinajstić information content (AvgIpc) is 2.87. The molecule has 0 spiro atoms. The second kappa shape index (κ2) is 5.99. The first-order valence-electron chi connectivity index (χ1n) is 6.80. The number of ether oxygens (including phenoxy) is 1. The molecule has 20 heavy (non-hydrogen) atoms. The van der Waals surface area contributed by atoms with Crippen molar-refractivity contribution in [2.45, 2.75) is 32.1 Å². The van der Waals surface area contributed by atoms with Gasteiger partial charge in [0.1, 0.15) is 11.2 Å². The summed E-state index contributed by atoms with van der Waals surface area (Å²) in [5.41, 5.74) is -0.489. The highest BCUT2D eigenvalue weighted by Crippen LogP contribution is 2.40. The molecule has 0 aromatic heterocycles. The molecule has 0 saturated heterocycles. The lowest BCUT2D eigenvalue weighted by molar-refractivity contribution is -0.156. The van der Waals surface area contributed by atoms with Crippen molar-refractivity contribution in [1.82, 2.24) is 0 Å². The van der Waals surface area contributed by atoms with Crippen LogP contribution in [0.25, 0.3) is 0 Å². The van der Waals surface area contributed by atoms with Gasteiger partial charge in [0.05, 0.1) is 7.11 Å². The Labute approximate surface area is 118 Å². The van der Waals surface area contributed by atoms with Crippen LogP contribution in [0.4, 0.5) is 0 Å². The second-order valence-electron chi connectivity index (χ2n) is 5.14. The molecular formula is C16H18O4. The van der Waals surface area contributed by atoms with Crippen molar-refractivity contribution in [2.24, 2.45) is 5.41 Å². The fourth-order valence-electron chi connectivity index (χ4n) is 2.80. The zero-order valence-corrected chi connectivity index (χ0v) is 11.6. The van der Waals surface area contributed by atoms with Gasteiger partial charge in [0.25, 0.3) is 0 Å². The normalized spacial score (nSPS) is 21.8. The number of hydrogen-bond acceptors (Lipinski definition) is 4. The molecule has 0 amide bonds. The van der Waals surface area contributed by atoms with Crippen molar-refractivity contribution in [1.29, 1.82) is 0 Å². The van der Waals surface area contributed by atoms with Gasteiger partial charge in [-0.25, -0.2) is 0 Å². The monoisotopic (exact) mass is 274 g/mol. The Bertz CT molecular complexity index is 521. The predicted octanol–water partition coefficient (Wildman–Crippen LogP) is 2.56. The highest BCUT2D eigenvalue weighted by Gasteiger charge is 2.49. The van der Waals surface area contributed by atoms with Crippen LogP contribution in [0.3, 0.4) is 0 Å². The van der Waals surface area contributed by atoms with Gasteiger partial charge in [-0.15, -0.1) is 0 Å². The maximum Gasteiger partial charge on any atom is 0.319 e. The lowest BCUT2D eigenvalue weighted by Crippen LogP contribution is -2.36. The van der Waals surface area contributed by atoms with Crippen molar-refractivity contribution in [2.75, 3.05) is 7.11 Å². The smallest absolute Gasteiger partial charge is 0.319 e. The maximum absolute atomic E-state index is 12.1. The Balaban J connectivity index is 2.09. The lowest BCUT2D eigenvalue weighted by atomic mass is 9.79. The number of hydrogen-bond donors (Lipinski definition) is 0. The average molecular weight is 274 g/mol. The summed E-state index contributed by atoms with van der Waals surface area (Å²) in [5, 5.41) is 0. The first-order chi connectivity index (χ1) is 9.60. The third-order valence-corrected chi connectivity index (χ3v) is 3.99. The minimum absolute atomic E-state index is 0.0476. The number of methoxy groups -OCH3 is 1. The molecule has 106 valence electrons. The molecule has 4 heteroatoms. The molecule has 0 aliphatic heterocycles. The summed E-state index contributed by atoms with van der Waals surface area (Å²) in [6.45, 7) is 0. The van der Waals surface area contributed by atoms with Crippen LogP contribution in [-0.2, 0) is 14.3 Å². The van der Waals surface area contributed by atoms with E-state index < -0.39 is 11.4 Å². The molecule has 1 aromatic carbocycles. The third kappa shape index (κ3) is 2.64. The predicted molar refractivity (Wildman–Crippen MR) is 73.3 cm³/mol. The summed E-state index contributed by atoms with van der Waals surface area (Å²) in [4.78, 5) is 36.1. The van der Waals surface area contributed by atoms with Gasteiger partial charge < -0.3 is 4.74 Å². The van der Waals surface area contributed by atoms with E-state index in [0.717, 1.165) is 0 Å². The van der Waals surface area contributed by atoms with Gasteiger partial charge in [0.15, 0.2) is 5.78 Å². The van der Waals surface area contributed by atoms with Crippen molar-refractivity contribution in [3.8, 4) is 0 Å². The molecule has 4 nitrogen and oxygen atoms in total. The molecule has 1 fully saturated rings. The second-order valence-corrected chi connectivity index (χ2v) is 5.14.